The van der Waals surface area contributed by atoms with E-state index in [0.29, 0.717) is 30.2 Å². The number of halogens is 1. The van der Waals surface area contributed by atoms with Crippen LogP contribution in [-0.2, 0) is 9.57 Å². The minimum Gasteiger partial charge on any atom is -0.452 e. The van der Waals surface area contributed by atoms with Gasteiger partial charge in [-0.3, -0.25) is 14.7 Å². The summed E-state index contributed by atoms with van der Waals surface area (Å²) in [6.45, 7) is 6.63. The Labute approximate surface area is 184 Å². The molecule has 7 heteroatoms. The molecule has 0 fully saturated rings. The fourth-order valence-corrected chi connectivity index (χ4v) is 2.69. The molecule has 168 valence electrons. The Hall–Kier alpha value is -3.19. The van der Waals surface area contributed by atoms with Crippen LogP contribution in [0, 0.1) is 5.82 Å². The number of nitrogens with one attached hydrogen (secondary N) is 1. The average Bonchev–Trinajstić information content (AvgIpc) is 2.76. The topological polar surface area (TPSA) is 63.2 Å². The van der Waals surface area contributed by atoms with Crippen molar-refractivity contribution in [3.05, 3.63) is 71.6 Å². The number of aliphatic imine (C=N–C) groups is 1. The molecule has 1 rings (SSSR count). The maximum absolute atomic E-state index is 14.6. The lowest BCUT2D eigenvalue weighted by Crippen LogP contribution is -2.31. The number of allylic oxidation sites excluding steroid dienone is 4. The number of nitrogens with zero attached hydrogens (tertiary/aromatic N) is 2. The van der Waals surface area contributed by atoms with Gasteiger partial charge in [0.1, 0.15) is 11.7 Å². The number of rotatable bonds is 10. The summed E-state index contributed by atoms with van der Waals surface area (Å²) in [6, 6.07) is 4.68. The van der Waals surface area contributed by atoms with Gasteiger partial charge in [0.05, 0.1) is 20.8 Å². The maximum Gasteiger partial charge on any atom is 0.413 e. The highest BCUT2D eigenvalue weighted by Gasteiger charge is 2.16. The molecule has 0 bridgehead atoms. The van der Waals surface area contributed by atoms with Crippen LogP contribution < -0.4 is 10.4 Å². The Morgan fingerprint density at radius 3 is 2.55 bits per heavy atom. The monoisotopic (exact) mass is 429 g/mol. The molecule has 0 aromatic heterocycles. The highest BCUT2D eigenvalue weighted by atomic mass is 19.1. The Bertz CT molecular complexity index is 858. The summed E-state index contributed by atoms with van der Waals surface area (Å²) in [7, 11) is 2.83. The van der Waals surface area contributed by atoms with E-state index in [1.165, 1.54) is 25.2 Å². The van der Waals surface area contributed by atoms with Gasteiger partial charge in [-0.2, -0.15) is 0 Å². The Kier molecular flexibility index (Phi) is 12.3. The minimum absolute atomic E-state index is 0.417. The zero-order chi connectivity index (χ0) is 23.1. The van der Waals surface area contributed by atoms with Crippen LogP contribution in [0.1, 0.15) is 32.8 Å². The molecule has 0 saturated heterocycles. The van der Waals surface area contributed by atoms with E-state index in [9.17, 15) is 9.18 Å². The maximum atomic E-state index is 14.6. The van der Waals surface area contributed by atoms with Crippen LogP contribution in [0.5, 0.6) is 0 Å². The summed E-state index contributed by atoms with van der Waals surface area (Å²) in [5.74, 6) is 0.186. The van der Waals surface area contributed by atoms with Crippen LogP contribution >= 0.6 is 0 Å². The molecule has 0 spiro atoms. The highest BCUT2D eigenvalue weighted by molar-refractivity contribution is 5.92. The fourth-order valence-electron chi connectivity index (χ4n) is 2.69. The number of amides is 1. The lowest BCUT2D eigenvalue weighted by Gasteiger charge is -2.20. The van der Waals surface area contributed by atoms with Crippen LogP contribution in [-0.4, -0.2) is 39.2 Å². The van der Waals surface area contributed by atoms with E-state index in [4.69, 9.17) is 9.57 Å². The van der Waals surface area contributed by atoms with Crippen molar-refractivity contribution < 1.29 is 18.8 Å². The Morgan fingerprint density at radius 1 is 1.23 bits per heavy atom. The average molecular weight is 430 g/mol. The van der Waals surface area contributed by atoms with E-state index >= 15 is 0 Å². The van der Waals surface area contributed by atoms with Crippen molar-refractivity contribution in [2.24, 2.45) is 4.99 Å². The third-order valence-corrected chi connectivity index (χ3v) is 4.07. The lowest BCUT2D eigenvalue weighted by atomic mass is 10.1. The molecule has 0 atom stereocenters. The molecule has 0 unspecified atom stereocenters. The number of hydroxylamine groups is 1. The third kappa shape index (κ3) is 9.00. The number of benzene rings is 1. The van der Waals surface area contributed by atoms with Gasteiger partial charge in [0.2, 0.25) is 0 Å². The number of carbonyl (C=O) groups excluding carboxylic acids is 1. The number of hydrogen-bond donors (Lipinski definition) is 1. The number of methoxy groups -OCH3 is 1. The SMILES string of the molecule is C\C=C/C(=C\C=C\c1ccc(N(CCC)C(=O)OC)cc1F)CN=C(/C=C/C)NOC. The second kappa shape index (κ2) is 14.7. The van der Waals surface area contributed by atoms with E-state index in [0.717, 1.165) is 12.0 Å². The molecule has 6 nitrogen and oxygen atoms in total. The summed E-state index contributed by atoms with van der Waals surface area (Å²) in [4.78, 5) is 22.7. The first-order valence-electron chi connectivity index (χ1n) is 10.1. The van der Waals surface area contributed by atoms with Crippen LogP contribution in [0.2, 0.25) is 0 Å². The lowest BCUT2D eigenvalue weighted by molar-refractivity contribution is 0.145. The largest absolute Gasteiger partial charge is 0.452 e. The molecule has 0 saturated carbocycles. The summed E-state index contributed by atoms with van der Waals surface area (Å²) in [5.41, 5.74) is 4.53. The van der Waals surface area contributed by atoms with Gasteiger partial charge < -0.3 is 4.74 Å². The summed E-state index contributed by atoms with van der Waals surface area (Å²) >= 11 is 0. The zero-order valence-corrected chi connectivity index (χ0v) is 18.9. The van der Waals surface area contributed by atoms with Gasteiger partial charge in [-0.15, -0.1) is 0 Å². The van der Waals surface area contributed by atoms with Gasteiger partial charge in [-0.1, -0.05) is 43.4 Å². The normalized spacial score (nSPS) is 12.8. The standard InChI is InChI=1S/C24H32FN3O3/c1-6-10-19(18-26-23(11-7-2)27-31-5)12-9-13-20-14-15-21(17-22(20)25)28(16-8-3)24(29)30-4/h6-7,9-15,17H,8,16,18H2,1-5H3,(H,26,27)/b10-6-,11-7+,13-9+,19-12+. The molecule has 1 amide bonds. The van der Waals surface area contributed by atoms with Crippen molar-refractivity contribution in [1.29, 1.82) is 0 Å². The second-order valence-corrected chi connectivity index (χ2v) is 6.44. The van der Waals surface area contributed by atoms with E-state index in [2.05, 4.69) is 10.5 Å². The van der Waals surface area contributed by atoms with Gasteiger partial charge in [0, 0.05) is 17.8 Å². The molecule has 0 heterocycles. The first kappa shape index (κ1) is 25.8. The molecule has 0 aliphatic rings. The number of anilines is 1. The second-order valence-electron chi connectivity index (χ2n) is 6.44. The van der Waals surface area contributed by atoms with E-state index in [1.807, 2.05) is 45.1 Å². The number of amidine groups is 1. The molecule has 1 aromatic carbocycles. The van der Waals surface area contributed by atoms with Crippen molar-refractivity contribution in [2.45, 2.75) is 27.2 Å². The predicted molar refractivity (Wildman–Crippen MR) is 126 cm³/mol. The molecule has 0 aliphatic heterocycles. The van der Waals surface area contributed by atoms with E-state index in [-0.39, 0.29) is 0 Å². The minimum atomic E-state index is -0.510. The van der Waals surface area contributed by atoms with Gasteiger partial charge in [-0.25, -0.2) is 14.7 Å². The van der Waals surface area contributed by atoms with Crippen molar-refractivity contribution >= 4 is 23.7 Å². The van der Waals surface area contributed by atoms with Crippen molar-refractivity contribution in [3.8, 4) is 0 Å². The van der Waals surface area contributed by atoms with Gasteiger partial charge in [0.15, 0.2) is 0 Å². The molecule has 1 N–H and O–H groups in total. The first-order valence-corrected chi connectivity index (χ1v) is 10.1. The van der Waals surface area contributed by atoms with Crippen LogP contribution in [0.25, 0.3) is 6.08 Å². The Morgan fingerprint density at radius 2 is 1.97 bits per heavy atom. The predicted octanol–water partition coefficient (Wildman–Crippen LogP) is 5.45. The third-order valence-electron chi connectivity index (χ3n) is 4.07. The van der Waals surface area contributed by atoms with Crippen LogP contribution in [0.15, 0.2) is 65.2 Å². The van der Waals surface area contributed by atoms with Crippen molar-refractivity contribution in [2.75, 3.05) is 32.2 Å². The fraction of sp³-hybridized carbons (Fsp3) is 0.333. The Balaban J connectivity index is 3.02. The summed E-state index contributed by atoms with van der Waals surface area (Å²) in [6.07, 6.45) is 13.1. The molecular formula is C24H32FN3O3. The van der Waals surface area contributed by atoms with Gasteiger partial charge >= 0.3 is 6.09 Å². The number of carbonyl (C=O) groups is 1. The summed E-state index contributed by atoms with van der Waals surface area (Å²) in [5, 5.41) is 0. The van der Waals surface area contributed by atoms with Gasteiger partial charge in [0.25, 0.3) is 0 Å². The molecule has 1 aromatic rings. The first-order chi connectivity index (χ1) is 15.0. The van der Waals surface area contributed by atoms with E-state index in [1.54, 1.807) is 30.4 Å². The zero-order valence-electron chi connectivity index (χ0n) is 18.9. The quantitative estimate of drug-likeness (QED) is 0.232. The molecule has 0 aliphatic carbocycles. The van der Waals surface area contributed by atoms with Crippen LogP contribution in [0.3, 0.4) is 0 Å². The smallest absolute Gasteiger partial charge is 0.413 e. The highest BCUT2D eigenvalue weighted by Crippen LogP contribution is 2.21. The molecule has 0 radical (unpaired) electrons. The van der Waals surface area contributed by atoms with Gasteiger partial charge in [-0.05, 0) is 50.1 Å². The molecule has 31 heavy (non-hydrogen) atoms. The molecular weight excluding hydrogens is 397 g/mol. The van der Waals surface area contributed by atoms with Crippen molar-refractivity contribution in [1.82, 2.24) is 5.48 Å². The van der Waals surface area contributed by atoms with Crippen molar-refractivity contribution in [3.63, 3.8) is 0 Å². The van der Waals surface area contributed by atoms with E-state index < -0.39 is 11.9 Å². The van der Waals surface area contributed by atoms with Crippen LogP contribution in [0.4, 0.5) is 14.9 Å². The number of hydrogen-bond acceptors (Lipinski definition) is 4. The number of ether oxygens (including phenoxy) is 1. The summed E-state index contributed by atoms with van der Waals surface area (Å²) < 4.78 is 19.4.